The van der Waals surface area contributed by atoms with Crippen LogP contribution in [0.4, 0.5) is 5.69 Å². The quantitative estimate of drug-likeness (QED) is 0.758. The molecule has 1 saturated heterocycles. The van der Waals surface area contributed by atoms with E-state index in [9.17, 15) is 4.79 Å². The van der Waals surface area contributed by atoms with Gasteiger partial charge in [-0.15, -0.1) is 0 Å². The van der Waals surface area contributed by atoms with Gasteiger partial charge in [-0.3, -0.25) is 4.79 Å². The normalized spacial score (nSPS) is 19.3. The van der Waals surface area contributed by atoms with Crippen LogP contribution >= 0.6 is 0 Å². The molecule has 3 rings (SSSR count). The Bertz CT molecular complexity index is 579. The molecular weight excluding hydrogens is 312 g/mol. The molecule has 1 amide bonds. The van der Waals surface area contributed by atoms with Crippen LogP contribution < -0.4 is 4.90 Å². The molecule has 2 aliphatic heterocycles. The molecule has 25 heavy (non-hydrogen) atoms. The Balaban J connectivity index is 1.46. The summed E-state index contributed by atoms with van der Waals surface area (Å²) in [5.41, 5.74) is 3.74. The fraction of sp³-hybridized carbons (Fsp3) is 0.667. The van der Waals surface area contributed by atoms with Crippen LogP contribution in [0.25, 0.3) is 0 Å². The highest BCUT2D eigenvalue weighted by Gasteiger charge is 2.24. The first kappa shape index (κ1) is 18.4. The van der Waals surface area contributed by atoms with E-state index in [1.807, 2.05) is 4.90 Å². The van der Waals surface area contributed by atoms with E-state index in [1.165, 1.54) is 11.1 Å². The number of amides is 1. The van der Waals surface area contributed by atoms with Crippen molar-refractivity contribution in [2.75, 3.05) is 37.7 Å². The van der Waals surface area contributed by atoms with Gasteiger partial charge < -0.3 is 14.5 Å². The van der Waals surface area contributed by atoms with Crippen LogP contribution in [0.2, 0.25) is 0 Å². The fourth-order valence-electron chi connectivity index (χ4n) is 3.97. The van der Waals surface area contributed by atoms with Crippen LogP contribution in [0, 0.1) is 6.92 Å². The van der Waals surface area contributed by atoms with Crippen LogP contribution in [-0.2, 0) is 16.0 Å². The number of piperidine rings is 1. The number of hydrogen-bond donors (Lipinski definition) is 0. The van der Waals surface area contributed by atoms with E-state index < -0.39 is 0 Å². The molecule has 0 spiro atoms. The summed E-state index contributed by atoms with van der Waals surface area (Å²) in [5, 5.41) is 0. The van der Waals surface area contributed by atoms with Gasteiger partial charge in [-0.2, -0.15) is 0 Å². The van der Waals surface area contributed by atoms with Crippen LogP contribution in [0.5, 0.6) is 0 Å². The van der Waals surface area contributed by atoms with Gasteiger partial charge in [-0.1, -0.05) is 24.6 Å². The molecule has 0 radical (unpaired) electrons. The topological polar surface area (TPSA) is 32.8 Å². The predicted molar refractivity (Wildman–Crippen MR) is 102 cm³/mol. The maximum atomic E-state index is 12.4. The van der Waals surface area contributed by atoms with Crippen molar-refractivity contribution in [3.63, 3.8) is 0 Å². The van der Waals surface area contributed by atoms with E-state index in [1.54, 1.807) is 0 Å². The lowest BCUT2D eigenvalue weighted by molar-refractivity contribution is -0.118. The fourth-order valence-corrected chi connectivity index (χ4v) is 3.97. The van der Waals surface area contributed by atoms with E-state index in [4.69, 9.17) is 4.74 Å². The van der Waals surface area contributed by atoms with Gasteiger partial charge in [-0.25, -0.2) is 0 Å². The summed E-state index contributed by atoms with van der Waals surface area (Å²) in [6, 6.07) is 6.47. The molecule has 4 nitrogen and oxygen atoms in total. The average molecular weight is 344 g/mol. The van der Waals surface area contributed by atoms with Crippen molar-refractivity contribution >= 4 is 11.6 Å². The molecule has 0 unspecified atom stereocenters. The van der Waals surface area contributed by atoms with E-state index in [-0.39, 0.29) is 5.91 Å². The highest BCUT2D eigenvalue weighted by molar-refractivity contribution is 5.96. The largest absolute Gasteiger partial charge is 0.378 e. The third-order valence-corrected chi connectivity index (χ3v) is 5.38. The van der Waals surface area contributed by atoms with Gasteiger partial charge >= 0.3 is 0 Å². The average Bonchev–Trinajstić information content (AvgIpc) is 2.63. The number of hydrogen-bond acceptors (Lipinski definition) is 3. The van der Waals surface area contributed by atoms with E-state index in [0.29, 0.717) is 12.5 Å². The van der Waals surface area contributed by atoms with E-state index in [0.717, 1.165) is 70.6 Å². The van der Waals surface area contributed by atoms with Gasteiger partial charge in [-0.05, 0) is 57.2 Å². The van der Waals surface area contributed by atoms with Gasteiger partial charge in [0, 0.05) is 38.3 Å². The number of aryl methyl sites for hydroxylation is 2. The number of rotatable bonds is 7. The van der Waals surface area contributed by atoms with Gasteiger partial charge in [0.05, 0.1) is 6.10 Å². The Hall–Kier alpha value is -1.39. The van der Waals surface area contributed by atoms with Crippen molar-refractivity contribution in [3.05, 3.63) is 29.3 Å². The Morgan fingerprint density at radius 2 is 1.96 bits per heavy atom. The zero-order valence-corrected chi connectivity index (χ0v) is 15.8. The molecule has 0 saturated carbocycles. The summed E-state index contributed by atoms with van der Waals surface area (Å²) in [7, 11) is 0. The van der Waals surface area contributed by atoms with Crippen molar-refractivity contribution < 1.29 is 9.53 Å². The minimum atomic E-state index is 0.281. The monoisotopic (exact) mass is 344 g/mol. The van der Waals surface area contributed by atoms with Crippen molar-refractivity contribution in [1.29, 1.82) is 0 Å². The van der Waals surface area contributed by atoms with E-state index >= 15 is 0 Å². The second-order valence-corrected chi connectivity index (χ2v) is 7.44. The predicted octanol–water partition coefficient (Wildman–Crippen LogP) is 3.56. The molecule has 1 aromatic carbocycles. The molecule has 0 N–H and O–H groups in total. The molecule has 0 aromatic heterocycles. The first-order valence-corrected chi connectivity index (χ1v) is 9.91. The lowest BCUT2D eigenvalue weighted by atomic mass is 9.99. The third kappa shape index (κ3) is 4.83. The number of anilines is 1. The molecule has 2 heterocycles. The number of nitrogens with zero attached hydrogens (tertiary/aromatic N) is 2. The molecule has 2 aliphatic rings. The zero-order valence-electron chi connectivity index (χ0n) is 15.8. The van der Waals surface area contributed by atoms with Crippen molar-refractivity contribution in [1.82, 2.24) is 4.90 Å². The SMILES string of the molecule is CCCOC1CCN(CCCN2C(=O)CCc3cc(C)ccc32)CC1. The number of benzene rings is 1. The summed E-state index contributed by atoms with van der Waals surface area (Å²) >= 11 is 0. The van der Waals surface area contributed by atoms with Crippen molar-refractivity contribution in [2.24, 2.45) is 0 Å². The third-order valence-electron chi connectivity index (χ3n) is 5.38. The smallest absolute Gasteiger partial charge is 0.227 e. The zero-order chi connectivity index (χ0) is 17.6. The van der Waals surface area contributed by atoms with Crippen LogP contribution in [0.1, 0.15) is 50.2 Å². The molecule has 4 heteroatoms. The summed E-state index contributed by atoms with van der Waals surface area (Å²) in [6.45, 7) is 9.33. The van der Waals surface area contributed by atoms with Crippen LogP contribution in [-0.4, -0.2) is 49.7 Å². The minimum absolute atomic E-state index is 0.281. The molecule has 1 fully saturated rings. The van der Waals surface area contributed by atoms with Gasteiger partial charge in [0.1, 0.15) is 0 Å². The standard InChI is InChI=1S/C21H32N2O2/c1-3-15-25-19-9-13-22(14-10-19)11-4-12-23-20-7-5-17(2)16-18(20)6-8-21(23)24/h5,7,16,19H,3-4,6,8-15H2,1-2H3. The molecule has 0 aliphatic carbocycles. The lowest BCUT2D eigenvalue weighted by Gasteiger charge is -2.33. The number of carbonyl (C=O) groups excluding carboxylic acids is 1. The number of likely N-dealkylation sites (tertiary alicyclic amines) is 1. The molecule has 1 aromatic rings. The Kier molecular flexibility index (Phi) is 6.49. The first-order chi connectivity index (χ1) is 12.2. The summed E-state index contributed by atoms with van der Waals surface area (Å²) < 4.78 is 5.86. The van der Waals surface area contributed by atoms with Crippen molar-refractivity contribution in [3.8, 4) is 0 Å². The Morgan fingerprint density at radius 3 is 2.72 bits per heavy atom. The first-order valence-electron chi connectivity index (χ1n) is 9.91. The van der Waals surface area contributed by atoms with E-state index in [2.05, 4.69) is 36.9 Å². The lowest BCUT2D eigenvalue weighted by Crippen LogP contribution is -2.40. The summed E-state index contributed by atoms with van der Waals surface area (Å²) in [4.78, 5) is 16.9. The van der Waals surface area contributed by atoms with Gasteiger partial charge in [0.25, 0.3) is 0 Å². The number of fused-ring (bicyclic) bond motifs is 1. The Morgan fingerprint density at radius 1 is 1.16 bits per heavy atom. The highest BCUT2D eigenvalue weighted by Crippen LogP contribution is 2.28. The number of carbonyl (C=O) groups is 1. The maximum absolute atomic E-state index is 12.4. The summed E-state index contributed by atoms with van der Waals surface area (Å²) in [6.07, 6.45) is 6.42. The van der Waals surface area contributed by atoms with Crippen LogP contribution in [0.3, 0.4) is 0 Å². The maximum Gasteiger partial charge on any atom is 0.227 e. The van der Waals surface area contributed by atoms with Gasteiger partial charge in [0.15, 0.2) is 0 Å². The molecular formula is C21H32N2O2. The van der Waals surface area contributed by atoms with Crippen LogP contribution in [0.15, 0.2) is 18.2 Å². The van der Waals surface area contributed by atoms with Crippen molar-refractivity contribution in [2.45, 2.75) is 58.5 Å². The second kappa shape index (κ2) is 8.81. The van der Waals surface area contributed by atoms with Gasteiger partial charge in [0.2, 0.25) is 5.91 Å². The highest BCUT2D eigenvalue weighted by atomic mass is 16.5. The number of ether oxygens (including phenoxy) is 1. The minimum Gasteiger partial charge on any atom is -0.378 e. The second-order valence-electron chi connectivity index (χ2n) is 7.44. The summed E-state index contributed by atoms with van der Waals surface area (Å²) in [5.74, 6) is 0.281. The molecule has 0 atom stereocenters. The Labute approximate surface area is 152 Å². The molecule has 0 bridgehead atoms. The molecule has 138 valence electrons.